The maximum absolute atomic E-state index is 10.3. The molecule has 0 atom stereocenters. The molecule has 1 aromatic heterocycles. The Morgan fingerprint density at radius 2 is 2.40 bits per heavy atom. The molecule has 0 bridgehead atoms. The van der Waals surface area contributed by atoms with Crippen LogP contribution in [0.4, 0.5) is 0 Å². The first-order valence-electron chi connectivity index (χ1n) is 2.42. The number of carbonyl (C=O) groups excluding carboxylic acids is 1. The van der Waals surface area contributed by atoms with Gasteiger partial charge in [-0.3, -0.25) is 4.79 Å². The summed E-state index contributed by atoms with van der Waals surface area (Å²) in [7, 11) is 0. The SMILES string of the molecule is NC(=O)c1c[nH+]ccn1.[I-]. The van der Waals surface area contributed by atoms with Gasteiger partial charge in [0.1, 0.15) is 0 Å². The monoisotopic (exact) mass is 251 g/mol. The van der Waals surface area contributed by atoms with E-state index in [1.807, 2.05) is 0 Å². The second-order valence-electron chi connectivity index (χ2n) is 1.51. The summed E-state index contributed by atoms with van der Waals surface area (Å²) in [6.07, 6.45) is 4.52. The van der Waals surface area contributed by atoms with E-state index < -0.39 is 5.91 Å². The lowest BCUT2D eigenvalue weighted by atomic mass is 10.4. The zero-order valence-corrected chi connectivity index (χ0v) is 7.20. The maximum atomic E-state index is 10.3. The second kappa shape index (κ2) is 4.15. The number of carbonyl (C=O) groups is 1. The van der Waals surface area contributed by atoms with Crippen molar-refractivity contribution in [1.29, 1.82) is 0 Å². The van der Waals surface area contributed by atoms with Crippen molar-refractivity contribution in [1.82, 2.24) is 4.98 Å². The number of rotatable bonds is 1. The van der Waals surface area contributed by atoms with Gasteiger partial charge in [0.15, 0.2) is 18.1 Å². The fourth-order valence-corrected chi connectivity index (χ4v) is 0.460. The van der Waals surface area contributed by atoms with Crippen LogP contribution in [0.25, 0.3) is 0 Å². The van der Waals surface area contributed by atoms with Gasteiger partial charge in [0.25, 0.3) is 5.91 Å². The van der Waals surface area contributed by atoms with Crippen LogP contribution in [0.2, 0.25) is 0 Å². The van der Waals surface area contributed by atoms with E-state index >= 15 is 0 Å². The first kappa shape index (κ1) is 9.28. The summed E-state index contributed by atoms with van der Waals surface area (Å²) in [4.78, 5) is 16.7. The minimum atomic E-state index is -0.521. The molecule has 0 aromatic carbocycles. The lowest BCUT2D eigenvalue weighted by Gasteiger charge is -1.83. The van der Waals surface area contributed by atoms with Crippen LogP contribution >= 0.6 is 0 Å². The van der Waals surface area contributed by atoms with E-state index in [-0.39, 0.29) is 29.7 Å². The average Bonchev–Trinajstić information content (AvgIpc) is 1.90. The molecule has 0 aliphatic rings. The fraction of sp³-hybridized carbons (Fsp3) is 0. The lowest BCUT2D eigenvalue weighted by Crippen LogP contribution is -3.00. The largest absolute Gasteiger partial charge is 1.00 e. The molecule has 0 spiro atoms. The molecule has 0 fully saturated rings. The maximum Gasteiger partial charge on any atom is 0.273 e. The van der Waals surface area contributed by atoms with Crippen molar-refractivity contribution in [2.45, 2.75) is 0 Å². The van der Waals surface area contributed by atoms with Gasteiger partial charge in [-0.2, -0.15) is 0 Å². The number of hydrogen-bond donors (Lipinski definition) is 1. The number of primary amides is 1. The van der Waals surface area contributed by atoms with E-state index in [0.717, 1.165) is 0 Å². The van der Waals surface area contributed by atoms with Crippen LogP contribution in [0.5, 0.6) is 0 Å². The Labute approximate surface area is 74.9 Å². The highest BCUT2D eigenvalue weighted by molar-refractivity contribution is 5.89. The van der Waals surface area contributed by atoms with Crippen molar-refractivity contribution >= 4 is 5.91 Å². The first-order chi connectivity index (χ1) is 4.30. The third-order valence-electron chi connectivity index (χ3n) is 0.857. The number of nitrogens with zero attached hydrogens (tertiary/aromatic N) is 1. The minimum Gasteiger partial charge on any atom is -1.00 e. The van der Waals surface area contributed by atoms with E-state index in [4.69, 9.17) is 5.73 Å². The molecule has 4 nitrogen and oxygen atoms in total. The van der Waals surface area contributed by atoms with E-state index in [2.05, 4.69) is 9.97 Å². The molecule has 1 amide bonds. The summed E-state index contributed by atoms with van der Waals surface area (Å²) in [5, 5.41) is 0. The molecule has 0 aliphatic heterocycles. The standard InChI is InChI=1S/C5H5N3O.HI/c6-5(9)4-3-7-1-2-8-4;/h1-3H,(H2,6,9);1H. The highest BCUT2D eigenvalue weighted by atomic mass is 127. The van der Waals surface area contributed by atoms with E-state index in [1.165, 1.54) is 12.4 Å². The smallest absolute Gasteiger partial charge is 0.273 e. The number of halogens is 1. The number of amides is 1. The van der Waals surface area contributed by atoms with Crippen molar-refractivity contribution in [2.24, 2.45) is 5.73 Å². The molecule has 1 rings (SSSR count). The van der Waals surface area contributed by atoms with E-state index in [0.29, 0.717) is 0 Å². The van der Waals surface area contributed by atoms with Crippen LogP contribution in [0.15, 0.2) is 18.6 Å². The predicted molar refractivity (Wildman–Crippen MR) is 29.3 cm³/mol. The summed E-state index contributed by atoms with van der Waals surface area (Å²) in [6.45, 7) is 0. The molecule has 0 unspecified atom stereocenters. The van der Waals surface area contributed by atoms with Gasteiger partial charge < -0.3 is 29.7 Å². The first-order valence-corrected chi connectivity index (χ1v) is 2.42. The van der Waals surface area contributed by atoms with Crippen molar-refractivity contribution in [2.75, 3.05) is 0 Å². The zero-order valence-electron chi connectivity index (χ0n) is 5.04. The molecule has 0 aliphatic carbocycles. The molecule has 1 aromatic rings. The van der Waals surface area contributed by atoms with Crippen LogP contribution in [0.3, 0.4) is 0 Å². The third-order valence-corrected chi connectivity index (χ3v) is 0.857. The third kappa shape index (κ3) is 2.26. The topological polar surface area (TPSA) is 70.1 Å². The Hall–Kier alpha value is -0.720. The van der Waals surface area contributed by atoms with Gasteiger partial charge in [0.2, 0.25) is 0 Å². The van der Waals surface area contributed by atoms with Gasteiger partial charge in [-0.25, -0.2) is 9.97 Å². The van der Waals surface area contributed by atoms with E-state index in [9.17, 15) is 4.79 Å². The summed E-state index contributed by atoms with van der Waals surface area (Å²) >= 11 is 0. The molecule has 0 saturated heterocycles. The Kier molecular flexibility index (Phi) is 3.85. The molecule has 0 saturated carbocycles. The van der Waals surface area contributed by atoms with Crippen LogP contribution in [0, 0.1) is 0 Å². The molecular weight excluding hydrogens is 245 g/mol. The number of aromatic nitrogens is 2. The van der Waals surface area contributed by atoms with E-state index in [1.54, 1.807) is 6.20 Å². The highest BCUT2D eigenvalue weighted by Crippen LogP contribution is 1.81. The van der Waals surface area contributed by atoms with Gasteiger partial charge in [-0.1, -0.05) is 0 Å². The number of H-pyrrole nitrogens is 1. The average molecular weight is 251 g/mol. The molecule has 54 valence electrons. The Balaban J connectivity index is 0.000000810. The molecule has 3 N–H and O–H groups in total. The Morgan fingerprint density at radius 3 is 2.70 bits per heavy atom. The van der Waals surface area contributed by atoms with Crippen molar-refractivity contribution in [3.63, 3.8) is 0 Å². The van der Waals surface area contributed by atoms with Crippen LogP contribution in [0.1, 0.15) is 10.5 Å². The number of hydrogen-bond acceptors (Lipinski definition) is 2. The highest BCUT2D eigenvalue weighted by Gasteiger charge is 2.01. The van der Waals surface area contributed by atoms with Gasteiger partial charge >= 0.3 is 0 Å². The molecular formula is C5H6IN3O. The number of nitrogens with one attached hydrogen (secondary N) is 1. The van der Waals surface area contributed by atoms with Gasteiger partial charge in [-0.05, 0) is 0 Å². The fourth-order valence-electron chi connectivity index (χ4n) is 0.460. The quantitative estimate of drug-likeness (QED) is 0.517. The molecule has 1 heterocycles. The summed E-state index contributed by atoms with van der Waals surface area (Å²) in [6, 6.07) is 0. The van der Waals surface area contributed by atoms with Crippen LogP contribution in [-0.4, -0.2) is 10.9 Å². The normalized spacial score (nSPS) is 8.00. The molecule has 5 heteroatoms. The van der Waals surface area contributed by atoms with Gasteiger partial charge in [0, 0.05) is 0 Å². The summed E-state index contributed by atoms with van der Waals surface area (Å²) in [5.41, 5.74) is 5.14. The van der Waals surface area contributed by atoms with Gasteiger partial charge in [-0.15, -0.1) is 0 Å². The van der Waals surface area contributed by atoms with Crippen molar-refractivity contribution in [3.8, 4) is 0 Å². The van der Waals surface area contributed by atoms with Crippen molar-refractivity contribution < 1.29 is 33.8 Å². The van der Waals surface area contributed by atoms with Crippen molar-refractivity contribution in [3.05, 3.63) is 24.3 Å². The predicted octanol–water partition coefficient (Wildman–Crippen LogP) is -4.00. The van der Waals surface area contributed by atoms with Gasteiger partial charge in [0.05, 0.1) is 6.20 Å². The minimum absolute atomic E-state index is 0. The zero-order chi connectivity index (χ0) is 6.69. The Morgan fingerprint density at radius 1 is 1.70 bits per heavy atom. The molecule has 10 heavy (non-hydrogen) atoms. The van der Waals surface area contributed by atoms with Crippen LogP contribution < -0.4 is 34.7 Å². The summed E-state index contributed by atoms with van der Waals surface area (Å²) in [5.74, 6) is -0.521. The van der Waals surface area contributed by atoms with Crippen LogP contribution in [-0.2, 0) is 0 Å². The number of aromatic amines is 1. The number of nitrogens with two attached hydrogens (primary N) is 1. The Bertz CT molecular complexity index is 213. The lowest BCUT2D eigenvalue weighted by molar-refractivity contribution is -0.379. The summed E-state index contributed by atoms with van der Waals surface area (Å²) < 4.78 is 0. The second-order valence-corrected chi connectivity index (χ2v) is 1.51. The molecule has 0 radical (unpaired) electrons.